The zero-order chi connectivity index (χ0) is 15.2. The molecule has 7 heteroatoms. The monoisotopic (exact) mass is 347 g/mol. The van der Waals surface area contributed by atoms with Crippen molar-refractivity contribution in [3.63, 3.8) is 0 Å². The molecular formula is C14H14BrN5O. The normalized spacial score (nSPS) is 12.0. The molecule has 21 heavy (non-hydrogen) atoms. The zero-order valence-electron chi connectivity index (χ0n) is 11.6. The minimum atomic E-state index is -1.07. The maximum absolute atomic E-state index is 10.3. The largest absolute Gasteiger partial charge is 0.384 e. The molecule has 0 radical (unpaired) electrons. The number of nitrogens with one attached hydrogen (secondary N) is 1. The van der Waals surface area contributed by atoms with E-state index < -0.39 is 5.60 Å². The van der Waals surface area contributed by atoms with Gasteiger partial charge in [0.15, 0.2) is 0 Å². The topological polar surface area (TPSA) is 101 Å². The van der Waals surface area contributed by atoms with E-state index in [0.29, 0.717) is 11.4 Å². The second-order valence-corrected chi connectivity index (χ2v) is 6.22. The highest BCUT2D eigenvalue weighted by Crippen LogP contribution is 2.36. The van der Waals surface area contributed by atoms with Crippen molar-refractivity contribution in [1.82, 2.24) is 20.2 Å². The molecule has 3 aromatic rings. The average molecular weight is 348 g/mol. The van der Waals surface area contributed by atoms with Gasteiger partial charge in [-0.25, -0.2) is 9.97 Å². The third-order valence-corrected chi connectivity index (χ3v) is 3.62. The minimum Gasteiger partial charge on any atom is -0.384 e. The molecule has 0 amide bonds. The van der Waals surface area contributed by atoms with Crippen molar-refractivity contribution in [3.8, 4) is 11.3 Å². The summed E-state index contributed by atoms with van der Waals surface area (Å²) in [6.45, 7) is 3.39. The lowest BCUT2D eigenvalue weighted by Crippen LogP contribution is -2.16. The summed E-state index contributed by atoms with van der Waals surface area (Å²) in [4.78, 5) is 8.17. The van der Waals surface area contributed by atoms with Gasteiger partial charge in [-0.1, -0.05) is 15.9 Å². The number of aromatic amines is 1. The molecule has 0 aliphatic rings. The van der Waals surface area contributed by atoms with Crippen LogP contribution in [0.4, 0.5) is 5.95 Å². The molecule has 0 aliphatic heterocycles. The first kappa shape index (κ1) is 14.0. The second kappa shape index (κ2) is 4.78. The molecule has 3 rings (SSSR count). The molecule has 0 fully saturated rings. The van der Waals surface area contributed by atoms with Gasteiger partial charge in [-0.15, -0.1) is 0 Å². The van der Waals surface area contributed by atoms with Gasteiger partial charge < -0.3 is 10.8 Å². The predicted octanol–water partition coefficient (Wildman–Crippen LogP) is 2.59. The number of nitrogens with zero attached hydrogens (tertiary/aromatic N) is 3. The number of halogens is 1. The molecule has 0 saturated heterocycles. The highest BCUT2D eigenvalue weighted by Gasteiger charge is 2.25. The Morgan fingerprint density at radius 1 is 1.33 bits per heavy atom. The van der Waals surface area contributed by atoms with E-state index in [9.17, 15) is 5.11 Å². The number of anilines is 1. The van der Waals surface area contributed by atoms with Gasteiger partial charge in [-0.05, 0) is 32.0 Å². The van der Waals surface area contributed by atoms with E-state index in [1.165, 1.54) is 0 Å². The predicted molar refractivity (Wildman–Crippen MR) is 84.5 cm³/mol. The van der Waals surface area contributed by atoms with Crippen LogP contribution in [-0.2, 0) is 5.60 Å². The van der Waals surface area contributed by atoms with Crippen LogP contribution in [0, 0.1) is 0 Å². The van der Waals surface area contributed by atoms with Crippen LogP contribution >= 0.6 is 15.9 Å². The number of nitrogens with two attached hydrogens (primary N) is 1. The van der Waals surface area contributed by atoms with Crippen molar-refractivity contribution in [2.45, 2.75) is 19.4 Å². The Balaban J connectivity index is 2.38. The van der Waals surface area contributed by atoms with E-state index in [1.54, 1.807) is 26.1 Å². The van der Waals surface area contributed by atoms with Crippen molar-refractivity contribution in [2.24, 2.45) is 0 Å². The second-order valence-electron chi connectivity index (χ2n) is 5.31. The summed E-state index contributed by atoms with van der Waals surface area (Å²) < 4.78 is 0.883. The summed E-state index contributed by atoms with van der Waals surface area (Å²) in [5, 5.41) is 18.3. The minimum absolute atomic E-state index is 0.203. The van der Waals surface area contributed by atoms with Crippen molar-refractivity contribution >= 4 is 32.8 Å². The van der Waals surface area contributed by atoms with E-state index in [2.05, 4.69) is 36.1 Å². The maximum Gasteiger partial charge on any atom is 0.220 e. The molecule has 1 aromatic carbocycles. The number of hydrogen-bond donors (Lipinski definition) is 3. The Morgan fingerprint density at radius 2 is 2.10 bits per heavy atom. The Bertz CT molecular complexity index is 822. The molecule has 0 bridgehead atoms. The van der Waals surface area contributed by atoms with Gasteiger partial charge in [0.25, 0.3) is 0 Å². The molecule has 2 aromatic heterocycles. The van der Waals surface area contributed by atoms with Gasteiger partial charge >= 0.3 is 0 Å². The Labute approximate surface area is 129 Å². The highest BCUT2D eigenvalue weighted by molar-refractivity contribution is 9.10. The van der Waals surface area contributed by atoms with Crippen LogP contribution in [0.1, 0.15) is 19.5 Å². The quantitative estimate of drug-likeness (QED) is 0.661. The number of nitrogen functional groups attached to an aromatic ring is 1. The lowest BCUT2D eigenvalue weighted by Gasteiger charge is -2.16. The lowest BCUT2D eigenvalue weighted by molar-refractivity contribution is 0.0753. The van der Waals surface area contributed by atoms with Crippen molar-refractivity contribution in [2.75, 3.05) is 5.73 Å². The number of fused-ring (bicyclic) bond motifs is 1. The van der Waals surface area contributed by atoms with E-state index >= 15 is 0 Å². The fourth-order valence-electron chi connectivity index (χ4n) is 2.29. The van der Waals surface area contributed by atoms with E-state index in [1.807, 2.05) is 12.1 Å². The molecule has 6 nitrogen and oxygen atoms in total. The summed E-state index contributed by atoms with van der Waals surface area (Å²) in [5.74, 6) is 0.203. The van der Waals surface area contributed by atoms with Gasteiger partial charge in [0, 0.05) is 21.6 Å². The first-order chi connectivity index (χ1) is 9.86. The lowest BCUT2D eigenvalue weighted by atomic mass is 9.97. The van der Waals surface area contributed by atoms with Crippen LogP contribution in [0.5, 0.6) is 0 Å². The molecule has 4 N–H and O–H groups in total. The van der Waals surface area contributed by atoms with E-state index in [-0.39, 0.29) is 5.95 Å². The number of aliphatic hydroxyl groups is 1. The fourth-order valence-corrected chi connectivity index (χ4v) is 2.75. The van der Waals surface area contributed by atoms with Crippen molar-refractivity contribution in [1.29, 1.82) is 0 Å². The number of benzene rings is 1. The average Bonchev–Trinajstić information content (AvgIpc) is 2.81. The third kappa shape index (κ3) is 2.50. The highest BCUT2D eigenvalue weighted by atomic mass is 79.9. The van der Waals surface area contributed by atoms with Crippen LogP contribution in [0.2, 0.25) is 0 Å². The van der Waals surface area contributed by atoms with Crippen LogP contribution in [0.3, 0.4) is 0 Å². The molecular weight excluding hydrogens is 334 g/mol. The van der Waals surface area contributed by atoms with Crippen molar-refractivity contribution < 1.29 is 5.11 Å². The molecule has 108 valence electrons. The van der Waals surface area contributed by atoms with Crippen LogP contribution in [0.15, 0.2) is 28.9 Å². The van der Waals surface area contributed by atoms with Crippen LogP contribution in [0.25, 0.3) is 22.2 Å². The summed E-state index contributed by atoms with van der Waals surface area (Å²) in [6, 6.07) is 5.61. The van der Waals surface area contributed by atoms with Crippen LogP contribution in [-0.4, -0.2) is 25.3 Å². The number of rotatable bonds is 2. The molecule has 2 heterocycles. The standard InChI is InChI=1S/C14H14BrN5O/c1-14(2,21)12-11-8(9-3-4-17-13(16)18-9)5-7(15)6-10(11)19-20-12/h3-6,21H,1-2H3,(H,19,20)(H2,16,17,18). The molecule has 0 aliphatic carbocycles. The third-order valence-electron chi connectivity index (χ3n) is 3.16. The van der Waals surface area contributed by atoms with Gasteiger partial charge in [0.05, 0.1) is 11.2 Å². The van der Waals surface area contributed by atoms with Crippen LogP contribution < -0.4 is 5.73 Å². The maximum atomic E-state index is 10.3. The first-order valence-corrected chi connectivity index (χ1v) is 7.15. The van der Waals surface area contributed by atoms with Gasteiger partial charge in [0.1, 0.15) is 11.3 Å². The van der Waals surface area contributed by atoms with Gasteiger partial charge in [0.2, 0.25) is 5.95 Å². The summed E-state index contributed by atoms with van der Waals surface area (Å²) in [5.41, 5.74) is 7.49. The SMILES string of the molecule is CC(C)(O)c1n[nH]c2cc(Br)cc(-c3ccnc(N)n3)c12. The summed E-state index contributed by atoms with van der Waals surface area (Å²) in [6.07, 6.45) is 1.61. The molecule has 0 saturated carbocycles. The smallest absolute Gasteiger partial charge is 0.220 e. The van der Waals surface area contributed by atoms with Crippen molar-refractivity contribution in [3.05, 3.63) is 34.6 Å². The zero-order valence-corrected chi connectivity index (χ0v) is 13.1. The van der Waals surface area contributed by atoms with Gasteiger partial charge in [-0.2, -0.15) is 5.10 Å². The molecule has 0 spiro atoms. The number of H-pyrrole nitrogens is 1. The van der Waals surface area contributed by atoms with E-state index in [0.717, 1.165) is 20.9 Å². The Hall–Kier alpha value is -1.99. The number of hydrogen-bond acceptors (Lipinski definition) is 5. The summed E-state index contributed by atoms with van der Waals surface area (Å²) >= 11 is 3.47. The fraction of sp³-hybridized carbons (Fsp3) is 0.214. The Morgan fingerprint density at radius 3 is 2.76 bits per heavy atom. The van der Waals surface area contributed by atoms with Gasteiger partial charge in [-0.3, -0.25) is 5.10 Å². The number of aromatic nitrogens is 4. The Kier molecular flexibility index (Phi) is 3.18. The molecule has 0 atom stereocenters. The molecule has 0 unspecified atom stereocenters. The first-order valence-electron chi connectivity index (χ1n) is 6.35. The van der Waals surface area contributed by atoms with E-state index in [4.69, 9.17) is 5.73 Å². The summed E-state index contributed by atoms with van der Waals surface area (Å²) in [7, 11) is 0.